The maximum absolute atomic E-state index is 13.2. The SMILES string of the molecule is COc1ccccc1-c1cc(C)ncc1C(=O)Nc1nc2ncc([C@H]3CCCO3)cc2s1. The highest BCUT2D eigenvalue weighted by Crippen LogP contribution is 2.34. The number of thiazole rings is 1. The van der Waals surface area contributed by atoms with E-state index in [0.717, 1.165) is 46.5 Å². The van der Waals surface area contributed by atoms with Gasteiger partial charge in [0.05, 0.1) is 23.5 Å². The summed E-state index contributed by atoms with van der Waals surface area (Å²) in [5.74, 6) is 0.412. The van der Waals surface area contributed by atoms with Gasteiger partial charge in [0.2, 0.25) is 0 Å². The summed E-state index contributed by atoms with van der Waals surface area (Å²) in [6.45, 7) is 2.68. The number of rotatable bonds is 5. The number of para-hydroxylation sites is 1. The van der Waals surface area contributed by atoms with Crippen LogP contribution in [0.25, 0.3) is 21.5 Å². The lowest BCUT2D eigenvalue weighted by molar-refractivity contribution is 0.102. The van der Waals surface area contributed by atoms with Crippen molar-refractivity contribution in [3.8, 4) is 16.9 Å². The minimum Gasteiger partial charge on any atom is -0.496 e. The molecule has 1 saturated heterocycles. The summed E-state index contributed by atoms with van der Waals surface area (Å²) in [6, 6.07) is 11.6. The number of benzene rings is 1. The van der Waals surface area contributed by atoms with E-state index in [4.69, 9.17) is 9.47 Å². The number of nitrogens with zero attached hydrogens (tertiary/aromatic N) is 3. The molecule has 1 fully saturated rings. The Kier molecular flexibility index (Phi) is 5.55. The molecule has 1 atom stereocenters. The Morgan fingerprint density at radius 3 is 2.88 bits per heavy atom. The summed E-state index contributed by atoms with van der Waals surface area (Å²) in [7, 11) is 1.62. The van der Waals surface area contributed by atoms with Crippen LogP contribution in [-0.4, -0.2) is 34.6 Å². The number of ether oxygens (including phenoxy) is 2. The number of hydrogen-bond donors (Lipinski definition) is 1. The number of aromatic nitrogens is 3. The van der Waals surface area contributed by atoms with Gasteiger partial charge in [-0.2, -0.15) is 4.98 Å². The molecule has 162 valence electrons. The molecule has 3 aromatic heterocycles. The third-order valence-corrected chi connectivity index (χ3v) is 6.38. The molecule has 1 aromatic carbocycles. The Morgan fingerprint density at radius 2 is 2.06 bits per heavy atom. The monoisotopic (exact) mass is 446 g/mol. The van der Waals surface area contributed by atoms with Gasteiger partial charge >= 0.3 is 0 Å². The predicted octanol–water partition coefficient (Wildman–Crippen LogP) is 5.17. The molecule has 4 heterocycles. The minimum absolute atomic E-state index is 0.0917. The Hall–Kier alpha value is -3.36. The van der Waals surface area contributed by atoms with E-state index in [-0.39, 0.29) is 12.0 Å². The predicted molar refractivity (Wildman–Crippen MR) is 124 cm³/mol. The molecule has 32 heavy (non-hydrogen) atoms. The molecule has 4 aromatic rings. The molecule has 0 spiro atoms. The number of methoxy groups -OCH3 is 1. The lowest BCUT2D eigenvalue weighted by Crippen LogP contribution is -2.14. The number of amides is 1. The summed E-state index contributed by atoms with van der Waals surface area (Å²) < 4.78 is 12.2. The van der Waals surface area contributed by atoms with Crippen molar-refractivity contribution in [3.63, 3.8) is 0 Å². The van der Waals surface area contributed by atoms with Crippen LogP contribution in [0.1, 0.15) is 40.6 Å². The van der Waals surface area contributed by atoms with Gasteiger partial charge in [0.15, 0.2) is 10.8 Å². The number of aryl methyl sites for hydroxylation is 1. The zero-order valence-corrected chi connectivity index (χ0v) is 18.6. The van der Waals surface area contributed by atoms with Gasteiger partial charge in [-0.1, -0.05) is 29.5 Å². The van der Waals surface area contributed by atoms with Gasteiger partial charge in [-0.3, -0.25) is 15.1 Å². The van der Waals surface area contributed by atoms with Gasteiger partial charge in [0.25, 0.3) is 5.91 Å². The third-order valence-electron chi connectivity index (χ3n) is 5.47. The van der Waals surface area contributed by atoms with E-state index < -0.39 is 0 Å². The second-order valence-electron chi connectivity index (χ2n) is 7.64. The first kappa shape index (κ1) is 20.5. The van der Waals surface area contributed by atoms with Crippen molar-refractivity contribution in [2.24, 2.45) is 0 Å². The largest absolute Gasteiger partial charge is 0.496 e. The third kappa shape index (κ3) is 3.94. The van der Waals surface area contributed by atoms with Crippen molar-refractivity contribution < 1.29 is 14.3 Å². The molecule has 1 aliphatic heterocycles. The summed E-state index contributed by atoms with van der Waals surface area (Å²) in [5.41, 5.74) is 4.52. The highest BCUT2D eigenvalue weighted by Gasteiger charge is 2.21. The Bertz CT molecular complexity index is 1300. The number of pyridine rings is 2. The van der Waals surface area contributed by atoms with Crippen molar-refractivity contribution in [1.29, 1.82) is 0 Å². The van der Waals surface area contributed by atoms with Crippen molar-refractivity contribution in [1.82, 2.24) is 15.0 Å². The van der Waals surface area contributed by atoms with Crippen molar-refractivity contribution in [2.45, 2.75) is 25.9 Å². The first-order valence-corrected chi connectivity index (χ1v) is 11.2. The summed E-state index contributed by atoms with van der Waals surface area (Å²) in [5, 5.41) is 3.41. The smallest absolute Gasteiger partial charge is 0.259 e. The average molecular weight is 447 g/mol. The van der Waals surface area contributed by atoms with Crippen LogP contribution in [0.2, 0.25) is 0 Å². The van der Waals surface area contributed by atoms with Crippen molar-refractivity contribution in [2.75, 3.05) is 19.0 Å². The number of carbonyl (C=O) groups is 1. The zero-order chi connectivity index (χ0) is 22.1. The molecule has 0 bridgehead atoms. The molecule has 5 rings (SSSR count). The van der Waals surface area contributed by atoms with Crippen LogP contribution in [0.3, 0.4) is 0 Å². The highest BCUT2D eigenvalue weighted by atomic mass is 32.1. The van der Waals surface area contributed by atoms with Gasteiger partial charge in [-0.15, -0.1) is 0 Å². The van der Waals surface area contributed by atoms with Crippen molar-refractivity contribution in [3.05, 3.63) is 65.6 Å². The van der Waals surface area contributed by atoms with E-state index in [2.05, 4.69) is 26.3 Å². The second-order valence-corrected chi connectivity index (χ2v) is 8.67. The lowest BCUT2D eigenvalue weighted by atomic mass is 9.99. The molecule has 1 N–H and O–H groups in total. The fraction of sp³-hybridized carbons (Fsp3) is 0.250. The van der Waals surface area contributed by atoms with Crippen LogP contribution in [0, 0.1) is 6.92 Å². The maximum Gasteiger partial charge on any atom is 0.259 e. The number of carbonyl (C=O) groups excluding carboxylic acids is 1. The molecule has 0 aliphatic carbocycles. The van der Waals surface area contributed by atoms with Crippen LogP contribution < -0.4 is 10.1 Å². The topological polar surface area (TPSA) is 86.2 Å². The zero-order valence-electron chi connectivity index (χ0n) is 17.8. The average Bonchev–Trinajstić information content (AvgIpc) is 3.48. The molecule has 0 radical (unpaired) electrons. The molecular weight excluding hydrogens is 424 g/mol. The highest BCUT2D eigenvalue weighted by molar-refractivity contribution is 7.22. The van der Waals surface area contributed by atoms with Gasteiger partial charge in [-0.05, 0) is 38.0 Å². The first-order chi connectivity index (χ1) is 15.6. The molecule has 7 nitrogen and oxygen atoms in total. The van der Waals surface area contributed by atoms with Crippen LogP contribution >= 0.6 is 11.3 Å². The van der Waals surface area contributed by atoms with Gasteiger partial charge in [-0.25, -0.2) is 4.98 Å². The van der Waals surface area contributed by atoms with E-state index in [1.807, 2.05) is 43.5 Å². The molecule has 0 saturated carbocycles. The number of hydrogen-bond acceptors (Lipinski definition) is 7. The Morgan fingerprint density at radius 1 is 1.19 bits per heavy atom. The Balaban J connectivity index is 1.46. The molecule has 0 unspecified atom stereocenters. The maximum atomic E-state index is 13.2. The fourth-order valence-electron chi connectivity index (χ4n) is 3.90. The number of nitrogens with one attached hydrogen (secondary N) is 1. The summed E-state index contributed by atoms with van der Waals surface area (Å²) >= 11 is 1.40. The van der Waals surface area contributed by atoms with Crippen LogP contribution in [0.4, 0.5) is 5.13 Å². The molecule has 8 heteroatoms. The quantitative estimate of drug-likeness (QED) is 0.455. The lowest BCUT2D eigenvalue weighted by Gasteiger charge is -2.13. The fourth-order valence-corrected chi connectivity index (χ4v) is 4.77. The molecule has 1 amide bonds. The Labute approximate surface area is 189 Å². The number of anilines is 1. The van der Waals surface area contributed by atoms with Crippen LogP contribution in [0.15, 0.2) is 48.8 Å². The van der Waals surface area contributed by atoms with E-state index in [1.165, 1.54) is 11.3 Å². The van der Waals surface area contributed by atoms with E-state index in [0.29, 0.717) is 22.1 Å². The first-order valence-electron chi connectivity index (χ1n) is 10.4. The number of fused-ring (bicyclic) bond motifs is 1. The van der Waals surface area contributed by atoms with Gasteiger partial charge in [0, 0.05) is 41.4 Å². The van der Waals surface area contributed by atoms with E-state index in [1.54, 1.807) is 13.3 Å². The summed E-state index contributed by atoms with van der Waals surface area (Å²) in [6.07, 6.45) is 5.56. The van der Waals surface area contributed by atoms with Gasteiger partial charge < -0.3 is 9.47 Å². The van der Waals surface area contributed by atoms with Crippen molar-refractivity contribution >= 4 is 32.7 Å². The minimum atomic E-state index is -0.281. The van der Waals surface area contributed by atoms with E-state index >= 15 is 0 Å². The second kappa shape index (κ2) is 8.64. The normalized spacial score (nSPS) is 15.8. The standard InChI is InChI=1S/C24H22N4O3S/c1-14-10-17(16-6-3-4-7-20(16)30-2)18(13-25-14)23(29)28-24-27-22-21(32-24)11-15(12-26-22)19-8-5-9-31-19/h3-4,6-7,10-13,19H,5,8-9H2,1-2H3,(H,26,27,28,29)/t19-/m1/s1. The summed E-state index contributed by atoms with van der Waals surface area (Å²) in [4.78, 5) is 26.5. The van der Waals surface area contributed by atoms with Gasteiger partial charge in [0.1, 0.15) is 5.75 Å². The molecule has 1 aliphatic rings. The van der Waals surface area contributed by atoms with Crippen LogP contribution in [0.5, 0.6) is 5.75 Å². The van der Waals surface area contributed by atoms with Crippen LogP contribution in [-0.2, 0) is 4.74 Å². The molecular formula is C24H22N4O3S. The van der Waals surface area contributed by atoms with E-state index in [9.17, 15) is 4.79 Å².